The van der Waals surface area contributed by atoms with Crippen molar-refractivity contribution in [3.63, 3.8) is 0 Å². The van der Waals surface area contributed by atoms with Crippen molar-refractivity contribution in [1.29, 1.82) is 0 Å². The predicted octanol–water partition coefficient (Wildman–Crippen LogP) is 6.00. The Morgan fingerprint density at radius 2 is 1.79 bits per heavy atom. The van der Waals surface area contributed by atoms with Gasteiger partial charge in [0.05, 0.1) is 26.0 Å². The number of pyridine rings is 1. The number of likely N-dealkylation sites (N-methyl/N-ethyl adjacent to an activating group) is 1. The Kier molecular flexibility index (Phi) is 6.67. The Morgan fingerprint density at radius 1 is 1.06 bits per heavy atom. The molecule has 33 heavy (non-hydrogen) atoms. The highest BCUT2D eigenvalue weighted by atomic mass is 35.5. The highest BCUT2D eigenvalue weighted by molar-refractivity contribution is 7.19. The first-order chi connectivity index (χ1) is 15.9. The van der Waals surface area contributed by atoms with E-state index >= 15 is 0 Å². The molecule has 0 bridgehead atoms. The summed E-state index contributed by atoms with van der Waals surface area (Å²) in [5.74, 6) is -2.89. The summed E-state index contributed by atoms with van der Waals surface area (Å²) < 4.78 is 28.4. The Hall–Kier alpha value is -3.36. The van der Waals surface area contributed by atoms with Crippen LogP contribution in [0.4, 0.5) is 14.5 Å². The van der Waals surface area contributed by atoms with Gasteiger partial charge in [0.1, 0.15) is 23.9 Å². The van der Waals surface area contributed by atoms with Gasteiger partial charge in [-0.3, -0.25) is 9.59 Å². The monoisotopic (exact) mass is 485 g/mol. The lowest BCUT2D eigenvalue weighted by molar-refractivity contribution is -0.116. The molecule has 168 valence electrons. The zero-order valence-electron chi connectivity index (χ0n) is 17.4. The summed E-state index contributed by atoms with van der Waals surface area (Å²) in [6, 6.07) is 15.7. The Morgan fingerprint density at radius 3 is 2.45 bits per heavy atom. The number of nitrogens with one attached hydrogen (secondary N) is 1. The molecule has 2 aromatic carbocycles. The van der Waals surface area contributed by atoms with Crippen molar-refractivity contribution in [3.8, 4) is 10.6 Å². The third-order valence-electron chi connectivity index (χ3n) is 5.00. The molecule has 0 aliphatic carbocycles. The lowest BCUT2D eigenvalue weighted by Gasteiger charge is -2.21. The van der Waals surface area contributed by atoms with E-state index in [1.54, 1.807) is 37.3 Å². The van der Waals surface area contributed by atoms with E-state index in [0.29, 0.717) is 26.5 Å². The number of amides is 2. The lowest BCUT2D eigenvalue weighted by atomic mass is 10.1. The summed E-state index contributed by atoms with van der Waals surface area (Å²) in [5, 5.41) is 2.85. The van der Waals surface area contributed by atoms with E-state index in [1.165, 1.54) is 22.3 Å². The van der Waals surface area contributed by atoms with Crippen molar-refractivity contribution in [1.82, 2.24) is 9.88 Å². The van der Waals surface area contributed by atoms with Crippen LogP contribution in [0.25, 0.3) is 21.5 Å². The summed E-state index contributed by atoms with van der Waals surface area (Å²) in [7, 11) is 0. The first-order valence-electron chi connectivity index (χ1n) is 10.1. The molecule has 5 nitrogen and oxygen atoms in total. The van der Waals surface area contributed by atoms with Crippen LogP contribution in [0.3, 0.4) is 0 Å². The van der Waals surface area contributed by atoms with Gasteiger partial charge in [-0.15, -0.1) is 11.3 Å². The van der Waals surface area contributed by atoms with Gasteiger partial charge in [0.2, 0.25) is 5.91 Å². The normalized spacial score (nSPS) is 10.9. The van der Waals surface area contributed by atoms with Gasteiger partial charge < -0.3 is 10.2 Å². The second-order valence-corrected chi connectivity index (χ2v) is 8.86. The second kappa shape index (κ2) is 9.64. The van der Waals surface area contributed by atoms with Gasteiger partial charge in [0, 0.05) is 11.9 Å². The number of thiophene rings is 1. The van der Waals surface area contributed by atoms with E-state index in [2.05, 4.69) is 10.3 Å². The highest BCUT2D eigenvalue weighted by Crippen LogP contribution is 2.32. The Balaban J connectivity index is 1.65. The lowest BCUT2D eigenvalue weighted by Crippen LogP contribution is -2.38. The Bertz CT molecular complexity index is 1340. The number of rotatable bonds is 6. The fraction of sp³-hybridized carbons (Fsp3) is 0.125. The molecule has 4 rings (SSSR count). The van der Waals surface area contributed by atoms with Gasteiger partial charge in [0.25, 0.3) is 5.91 Å². The number of nitrogens with zero attached hydrogens (tertiary/aromatic N) is 2. The summed E-state index contributed by atoms with van der Waals surface area (Å²) in [4.78, 5) is 32.7. The number of anilines is 1. The number of hydrogen-bond acceptors (Lipinski definition) is 4. The summed E-state index contributed by atoms with van der Waals surface area (Å²) in [6.45, 7) is 1.56. The van der Waals surface area contributed by atoms with E-state index in [9.17, 15) is 18.4 Å². The molecule has 4 aromatic rings. The van der Waals surface area contributed by atoms with Crippen molar-refractivity contribution in [2.45, 2.75) is 6.92 Å². The van der Waals surface area contributed by atoms with E-state index in [1.807, 2.05) is 12.1 Å². The van der Waals surface area contributed by atoms with Crippen LogP contribution in [0.15, 0.2) is 60.7 Å². The summed E-state index contributed by atoms with van der Waals surface area (Å²) >= 11 is 7.41. The number of hydrogen-bond donors (Lipinski definition) is 1. The number of fused-ring (bicyclic) bond motifs is 1. The maximum atomic E-state index is 13.9. The van der Waals surface area contributed by atoms with E-state index in [4.69, 9.17) is 11.6 Å². The van der Waals surface area contributed by atoms with Crippen LogP contribution in [-0.4, -0.2) is 34.8 Å². The first kappa shape index (κ1) is 22.8. The molecule has 2 amide bonds. The molecule has 9 heteroatoms. The van der Waals surface area contributed by atoms with Crippen LogP contribution in [0.5, 0.6) is 0 Å². The minimum atomic E-state index is -0.892. The first-order valence-corrected chi connectivity index (χ1v) is 11.3. The molecule has 2 heterocycles. The molecule has 0 saturated carbocycles. The van der Waals surface area contributed by atoms with Crippen LogP contribution in [0.1, 0.15) is 17.3 Å². The molecule has 0 radical (unpaired) electrons. The smallest absolute Gasteiger partial charge is 0.255 e. The third kappa shape index (κ3) is 4.86. The minimum Gasteiger partial charge on any atom is -0.330 e. The molecule has 0 aliphatic heterocycles. The molecular formula is C24H18ClF2N3O2S. The molecule has 1 N–H and O–H groups in total. The minimum absolute atomic E-state index is 0.211. The van der Waals surface area contributed by atoms with E-state index < -0.39 is 29.1 Å². The molecule has 0 aliphatic rings. The van der Waals surface area contributed by atoms with Gasteiger partial charge in [-0.05, 0) is 43.3 Å². The zero-order chi connectivity index (χ0) is 23.5. The fourth-order valence-electron chi connectivity index (χ4n) is 3.40. The maximum absolute atomic E-state index is 13.9. The standard InChI is InChI=1S/C24H18ClF2N3O2S/c1-2-30(13-22(31)29-23-16(26)7-5-8-17(23)27)24(32)15-12-19(20-10-11-21(25)33-20)28-18-9-4-3-6-14(15)18/h3-12H,2,13H2,1H3,(H,29,31). The SMILES string of the molecule is CCN(CC(=O)Nc1c(F)cccc1F)C(=O)c1cc(-c2ccc(Cl)s2)nc2ccccc12. The van der Waals surface area contributed by atoms with Gasteiger partial charge in [0.15, 0.2) is 0 Å². The van der Waals surface area contributed by atoms with Gasteiger partial charge in [-0.25, -0.2) is 13.8 Å². The van der Waals surface area contributed by atoms with Crippen LogP contribution < -0.4 is 5.32 Å². The molecule has 0 saturated heterocycles. The molecule has 0 unspecified atom stereocenters. The van der Waals surface area contributed by atoms with Gasteiger partial charge >= 0.3 is 0 Å². The van der Waals surface area contributed by atoms with E-state index in [-0.39, 0.29) is 13.1 Å². The molecular weight excluding hydrogens is 468 g/mol. The van der Waals surface area contributed by atoms with E-state index in [0.717, 1.165) is 17.0 Å². The summed E-state index contributed by atoms with van der Waals surface area (Å²) in [5.41, 5.74) is 1.03. The van der Waals surface area contributed by atoms with Crippen molar-refractivity contribution in [2.24, 2.45) is 0 Å². The fourth-order valence-corrected chi connectivity index (χ4v) is 4.40. The topological polar surface area (TPSA) is 62.3 Å². The van der Waals surface area contributed by atoms with Gasteiger partial charge in [-0.2, -0.15) is 0 Å². The number of para-hydroxylation sites is 2. The zero-order valence-corrected chi connectivity index (χ0v) is 19.0. The Labute approximate surface area is 197 Å². The number of aromatic nitrogens is 1. The van der Waals surface area contributed by atoms with Crippen molar-refractivity contribution >= 4 is 51.3 Å². The number of halogens is 3. The van der Waals surface area contributed by atoms with Crippen molar-refractivity contribution in [2.75, 3.05) is 18.4 Å². The molecule has 0 atom stereocenters. The average Bonchev–Trinajstić information content (AvgIpc) is 3.25. The van der Waals surface area contributed by atoms with Crippen LogP contribution >= 0.6 is 22.9 Å². The van der Waals surface area contributed by atoms with Gasteiger partial charge in [-0.1, -0.05) is 35.9 Å². The third-order valence-corrected chi connectivity index (χ3v) is 6.26. The number of carbonyl (C=O) groups is 2. The highest BCUT2D eigenvalue weighted by Gasteiger charge is 2.22. The van der Waals surface area contributed by atoms with Crippen LogP contribution in [0.2, 0.25) is 4.34 Å². The molecule has 0 fully saturated rings. The van der Waals surface area contributed by atoms with Crippen molar-refractivity contribution < 1.29 is 18.4 Å². The van der Waals surface area contributed by atoms with Crippen LogP contribution in [0, 0.1) is 11.6 Å². The summed E-state index contributed by atoms with van der Waals surface area (Å²) in [6.07, 6.45) is 0. The molecule has 0 spiro atoms. The average molecular weight is 486 g/mol. The largest absolute Gasteiger partial charge is 0.330 e. The van der Waals surface area contributed by atoms with Crippen LogP contribution in [-0.2, 0) is 4.79 Å². The number of carbonyl (C=O) groups excluding carboxylic acids is 2. The molecule has 2 aromatic heterocycles. The number of benzene rings is 2. The quantitative estimate of drug-likeness (QED) is 0.364. The predicted molar refractivity (Wildman–Crippen MR) is 127 cm³/mol. The van der Waals surface area contributed by atoms with Crippen molar-refractivity contribution in [3.05, 3.63) is 82.2 Å². The maximum Gasteiger partial charge on any atom is 0.255 e. The second-order valence-electron chi connectivity index (χ2n) is 7.14.